The Balaban J connectivity index is 1.25. The number of halogens is 1. The number of nitrogens with one attached hydrogen (secondary N) is 1. The van der Waals surface area contributed by atoms with E-state index in [0.717, 1.165) is 28.9 Å². The number of fused-ring (bicyclic) bond motifs is 1. The van der Waals surface area contributed by atoms with Gasteiger partial charge >= 0.3 is 6.03 Å². The molecule has 198 valence electrons. The minimum atomic E-state index is -0.965. The fraction of sp³-hybridized carbons (Fsp3) is 0.333. The predicted octanol–water partition coefficient (Wildman–Crippen LogP) is 1.98. The number of amides is 3. The van der Waals surface area contributed by atoms with Gasteiger partial charge in [0.05, 0.1) is 11.9 Å². The van der Waals surface area contributed by atoms with Crippen LogP contribution >= 0.6 is 0 Å². The number of ether oxygens (including phenoxy) is 1. The third kappa shape index (κ3) is 5.37. The first-order valence-electron chi connectivity index (χ1n) is 12.4. The summed E-state index contributed by atoms with van der Waals surface area (Å²) in [7, 11) is 3.61. The number of carbonyl (C=O) groups is 3. The molecule has 2 aliphatic rings. The molecule has 10 nitrogen and oxygen atoms in total. The Kier molecular flexibility index (Phi) is 7.10. The summed E-state index contributed by atoms with van der Waals surface area (Å²) in [6.45, 7) is 2.82. The van der Waals surface area contributed by atoms with E-state index < -0.39 is 12.1 Å². The second-order valence-electron chi connectivity index (χ2n) is 9.59. The molecule has 38 heavy (non-hydrogen) atoms. The van der Waals surface area contributed by atoms with Crippen LogP contribution in [0.5, 0.6) is 5.75 Å². The zero-order valence-corrected chi connectivity index (χ0v) is 21.3. The van der Waals surface area contributed by atoms with Crippen LogP contribution in [0.2, 0.25) is 0 Å². The predicted molar refractivity (Wildman–Crippen MR) is 138 cm³/mol. The molecular formula is C27H29FN6O4. The third-order valence-electron chi connectivity index (χ3n) is 6.83. The minimum absolute atomic E-state index is 0.0783. The van der Waals surface area contributed by atoms with Crippen molar-refractivity contribution in [3.05, 3.63) is 77.4 Å². The van der Waals surface area contributed by atoms with Gasteiger partial charge in [-0.05, 0) is 48.5 Å². The molecule has 0 radical (unpaired) electrons. The maximum absolute atomic E-state index is 13.5. The molecule has 3 amide bonds. The van der Waals surface area contributed by atoms with Crippen LogP contribution in [0.15, 0.2) is 54.9 Å². The van der Waals surface area contributed by atoms with Gasteiger partial charge in [-0.2, -0.15) is 9.78 Å². The first-order valence-corrected chi connectivity index (χ1v) is 12.4. The van der Waals surface area contributed by atoms with Crippen LogP contribution in [0.4, 0.5) is 14.9 Å². The number of carbonyl (C=O) groups excluding carboxylic acids is 3. The van der Waals surface area contributed by atoms with E-state index in [0.29, 0.717) is 36.5 Å². The average molecular weight is 521 g/mol. The molecule has 1 saturated heterocycles. The lowest BCUT2D eigenvalue weighted by molar-refractivity contribution is -0.120. The number of hydrogen-bond acceptors (Lipinski definition) is 6. The molecule has 0 spiro atoms. The van der Waals surface area contributed by atoms with Gasteiger partial charge in [0.2, 0.25) is 0 Å². The van der Waals surface area contributed by atoms with Gasteiger partial charge in [-0.15, -0.1) is 0 Å². The van der Waals surface area contributed by atoms with Crippen molar-refractivity contribution in [1.82, 2.24) is 24.9 Å². The molecule has 0 unspecified atom stereocenters. The lowest BCUT2D eigenvalue weighted by Gasteiger charge is -2.32. The van der Waals surface area contributed by atoms with Gasteiger partial charge in [-0.25, -0.2) is 9.18 Å². The second kappa shape index (κ2) is 10.6. The lowest BCUT2D eigenvalue weighted by atomic mass is 10.1. The van der Waals surface area contributed by atoms with E-state index in [1.54, 1.807) is 42.3 Å². The van der Waals surface area contributed by atoms with Crippen LogP contribution in [0.25, 0.3) is 0 Å². The van der Waals surface area contributed by atoms with Gasteiger partial charge in [-0.1, -0.05) is 12.1 Å². The summed E-state index contributed by atoms with van der Waals surface area (Å²) in [4.78, 5) is 44.5. The molecule has 1 aromatic heterocycles. The van der Waals surface area contributed by atoms with E-state index in [4.69, 9.17) is 4.74 Å². The molecule has 2 aromatic carbocycles. The Hall–Kier alpha value is -4.25. The van der Waals surface area contributed by atoms with Crippen LogP contribution in [0.1, 0.15) is 21.5 Å². The highest BCUT2D eigenvalue weighted by Crippen LogP contribution is 2.32. The van der Waals surface area contributed by atoms with E-state index >= 15 is 0 Å². The molecule has 11 heteroatoms. The average Bonchev–Trinajstić information content (AvgIpc) is 3.34. The first-order chi connectivity index (χ1) is 18.3. The number of anilines is 1. The van der Waals surface area contributed by atoms with Crippen LogP contribution in [0.3, 0.4) is 0 Å². The molecule has 0 aliphatic carbocycles. The van der Waals surface area contributed by atoms with Crippen LogP contribution in [-0.2, 0) is 11.2 Å². The zero-order chi connectivity index (χ0) is 26.8. The van der Waals surface area contributed by atoms with Gasteiger partial charge in [0.1, 0.15) is 24.2 Å². The standard InChI is InChI=1S/C27H29FN6O4/c1-31-8-10-33(11-9-31)25(35)20-6-7-24-23(14-20)32(2)26(36)22(17-38-24)30-27(37)34-16-19(15-29-34)12-18-4-3-5-21(28)13-18/h3-7,13-16,22H,8-12,17H2,1-2H3,(H,30,37)/t22-/m0/s1. The fourth-order valence-corrected chi connectivity index (χ4v) is 4.59. The fourth-order valence-electron chi connectivity index (χ4n) is 4.59. The molecule has 1 N–H and O–H groups in total. The van der Waals surface area contributed by atoms with Crippen molar-refractivity contribution in [1.29, 1.82) is 0 Å². The van der Waals surface area contributed by atoms with E-state index in [2.05, 4.69) is 15.3 Å². The van der Waals surface area contributed by atoms with E-state index in [1.807, 2.05) is 7.05 Å². The molecule has 0 bridgehead atoms. The van der Waals surface area contributed by atoms with E-state index in [-0.39, 0.29) is 24.2 Å². The molecule has 1 atom stereocenters. The molecular weight excluding hydrogens is 491 g/mol. The number of benzene rings is 2. The first kappa shape index (κ1) is 25.4. The molecule has 3 heterocycles. The van der Waals surface area contributed by atoms with Crippen molar-refractivity contribution in [2.45, 2.75) is 12.5 Å². The summed E-state index contributed by atoms with van der Waals surface area (Å²) < 4.78 is 20.4. The normalized spacial score (nSPS) is 18.0. The summed E-state index contributed by atoms with van der Waals surface area (Å²) in [6.07, 6.45) is 3.47. The Morgan fingerprint density at radius 1 is 1.08 bits per heavy atom. The maximum Gasteiger partial charge on any atom is 0.342 e. The smallest absolute Gasteiger partial charge is 0.342 e. The SMILES string of the molecule is CN1CCN(C(=O)c2ccc3c(c2)N(C)C(=O)[C@@H](NC(=O)n2cc(Cc4cccc(F)c4)cn2)CO3)CC1. The van der Waals surface area contributed by atoms with Crippen molar-refractivity contribution in [2.24, 2.45) is 0 Å². The second-order valence-corrected chi connectivity index (χ2v) is 9.59. The summed E-state index contributed by atoms with van der Waals surface area (Å²) in [5.41, 5.74) is 2.41. The lowest BCUT2D eigenvalue weighted by Crippen LogP contribution is -2.50. The molecule has 2 aliphatic heterocycles. The number of rotatable bonds is 4. The van der Waals surface area contributed by atoms with Crippen LogP contribution < -0.4 is 15.0 Å². The third-order valence-corrected chi connectivity index (χ3v) is 6.83. The molecule has 3 aromatic rings. The van der Waals surface area contributed by atoms with Crippen molar-refractivity contribution >= 4 is 23.5 Å². The summed E-state index contributed by atoms with van der Waals surface area (Å²) in [5, 5.41) is 6.76. The minimum Gasteiger partial charge on any atom is -0.489 e. The highest BCUT2D eigenvalue weighted by atomic mass is 19.1. The number of nitrogens with zero attached hydrogens (tertiary/aromatic N) is 5. The number of aromatic nitrogens is 2. The Bertz CT molecular complexity index is 1370. The highest BCUT2D eigenvalue weighted by Gasteiger charge is 2.32. The van der Waals surface area contributed by atoms with Gasteiger partial charge in [-0.3, -0.25) is 9.59 Å². The summed E-state index contributed by atoms with van der Waals surface area (Å²) in [6, 6.07) is 9.68. The summed E-state index contributed by atoms with van der Waals surface area (Å²) in [5.74, 6) is -0.360. The quantitative estimate of drug-likeness (QED) is 0.565. The molecule has 1 fully saturated rings. The van der Waals surface area contributed by atoms with E-state index in [9.17, 15) is 18.8 Å². The Labute approximate surface area is 219 Å². The van der Waals surface area contributed by atoms with Crippen LogP contribution in [0, 0.1) is 5.82 Å². The van der Waals surface area contributed by atoms with Gasteiger partial charge in [0, 0.05) is 51.4 Å². The largest absolute Gasteiger partial charge is 0.489 e. The zero-order valence-electron chi connectivity index (χ0n) is 21.3. The van der Waals surface area contributed by atoms with Crippen molar-refractivity contribution in [2.75, 3.05) is 51.8 Å². The van der Waals surface area contributed by atoms with Crippen LogP contribution in [-0.4, -0.2) is 90.3 Å². The van der Waals surface area contributed by atoms with Gasteiger partial charge in [0.15, 0.2) is 0 Å². The van der Waals surface area contributed by atoms with Crippen molar-refractivity contribution in [3.8, 4) is 5.75 Å². The number of piperazine rings is 1. The van der Waals surface area contributed by atoms with E-state index in [1.165, 1.54) is 29.4 Å². The Morgan fingerprint density at radius 3 is 2.63 bits per heavy atom. The number of hydrogen-bond donors (Lipinski definition) is 1. The maximum atomic E-state index is 13.5. The molecule has 5 rings (SSSR count). The van der Waals surface area contributed by atoms with Gasteiger partial charge in [0.25, 0.3) is 11.8 Å². The summed E-state index contributed by atoms with van der Waals surface area (Å²) >= 11 is 0. The van der Waals surface area contributed by atoms with Crippen molar-refractivity contribution < 1.29 is 23.5 Å². The van der Waals surface area contributed by atoms with Crippen molar-refractivity contribution in [3.63, 3.8) is 0 Å². The molecule has 0 saturated carbocycles. The topological polar surface area (TPSA) is 100 Å². The monoisotopic (exact) mass is 520 g/mol. The Morgan fingerprint density at radius 2 is 1.87 bits per heavy atom. The van der Waals surface area contributed by atoms with Gasteiger partial charge < -0.3 is 24.8 Å². The highest BCUT2D eigenvalue weighted by molar-refractivity contribution is 6.02. The number of likely N-dealkylation sites (N-methyl/N-ethyl adjacent to an activating group) is 2.